The molecule has 1 fully saturated rings. The summed E-state index contributed by atoms with van der Waals surface area (Å²) in [5, 5.41) is 7.27. The van der Waals surface area contributed by atoms with Crippen LogP contribution in [-0.2, 0) is 21.1 Å². The number of nitrogens with one attached hydrogen (secondary N) is 1. The topological polar surface area (TPSA) is 81.1 Å². The minimum Gasteiger partial charge on any atom is -0.311 e. The van der Waals surface area contributed by atoms with Gasteiger partial charge in [0.25, 0.3) is 0 Å². The number of anilines is 1. The number of hydrogen-bond acceptors (Lipinski definition) is 4. The zero-order chi connectivity index (χ0) is 18.0. The normalized spacial score (nSPS) is 19.0. The number of amides is 1. The van der Waals surface area contributed by atoms with Crippen molar-refractivity contribution in [3.63, 3.8) is 0 Å². The second-order valence-corrected chi connectivity index (χ2v) is 8.94. The van der Waals surface area contributed by atoms with E-state index in [9.17, 15) is 13.2 Å². The lowest BCUT2D eigenvalue weighted by molar-refractivity contribution is -0.116. The molecule has 1 saturated heterocycles. The lowest BCUT2D eigenvalue weighted by Crippen LogP contribution is -2.19. The van der Waals surface area contributed by atoms with Crippen molar-refractivity contribution in [2.75, 3.05) is 16.8 Å². The molecular formula is C18H23N3O3S. The van der Waals surface area contributed by atoms with Crippen LogP contribution in [0, 0.1) is 13.8 Å². The zero-order valence-electron chi connectivity index (χ0n) is 14.5. The molecule has 1 N–H and O–H groups in total. The first kappa shape index (κ1) is 17.7. The number of nitrogens with zero attached hydrogens (tertiary/aromatic N) is 2. The first-order valence-electron chi connectivity index (χ1n) is 8.44. The van der Waals surface area contributed by atoms with Crippen LogP contribution in [0.25, 0.3) is 0 Å². The van der Waals surface area contributed by atoms with Gasteiger partial charge in [0.2, 0.25) is 5.91 Å². The summed E-state index contributed by atoms with van der Waals surface area (Å²) in [6, 6.07) is 9.69. The van der Waals surface area contributed by atoms with E-state index in [-0.39, 0.29) is 23.5 Å². The van der Waals surface area contributed by atoms with Crippen molar-refractivity contribution in [3.05, 3.63) is 47.2 Å². The Kier molecular flexibility index (Phi) is 4.94. The van der Waals surface area contributed by atoms with E-state index in [4.69, 9.17) is 0 Å². The summed E-state index contributed by atoms with van der Waals surface area (Å²) in [5.41, 5.74) is 3.06. The first-order chi connectivity index (χ1) is 11.8. The molecule has 0 spiro atoms. The monoisotopic (exact) mass is 361 g/mol. The van der Waals surface area contributed by atoms with Crippen molar-refractivity contribution in [1.82, 2.24) is 9.78 Å². The van der Waals surface area contributed by atoms with E-state index >= 15 is 0 Å². The van der Waals surface area contributed by atoms with Gasteiger partial charge in [-0.1, -0.05) is 29.8 Å². The fourth-order valence-electron chi connectivity index (χ4n) is 3.19. The maximum atomic E-state index is 12.3. The molecule has 1 aromatic heterocycles. The third kappa shape index (κ3) is 4.48. The Labute approximate surface area is 148 Å². The molecule has 7 heteroatoms. The third-order valence-electron chi connectivity index (χ3n) is 4.40. The fourth-order valence-corrected chi connectivity index (χ4v) is 4.88. The Bertz CT molecular complexity index is 887. The summed E-state index contributed by atoms with van der Waals surface area (Å²) < 4.78 is 25.1. The molecule has 1 atom stereocenters. The van der Waals surface area contributed by atoms with E-state index in [0.29, 0.717) is 25.1 Å². The van der Waals surface area contributed by atoms with E-state index in [1.54, 1.807) is 10.7 Å². The molecule has 2 aromatic rings. The van der Waals surface area contributed by atoms with E-state index in [2.05, 4.69) is 16.5 Å². The quantitative estimate of drug-likeness (QED) is 0.887. The number of sulfone groups is 1. The number of carbonyl (C=O) groups is 1. The fraction of sp³-hybridized carbons (Fsp3) is 0.444. The summed E-state index contributed by atoms with van der Waals surface area (Å²) in [4.78, 5) is 12.3. The van der Waals surface area contributed by atoms with Gasteiger partial charge >= 0.3 is 0 Å². The van der Waals surface area contributed by atoms with Crippen LogP contribution in [0.1, 0.15) is 35.7 Å². The minimum absolute atomic E-state index is 0.0836. The summed E-state index contributed by atoms with van der Waals surface area (Å²) in [6.45, 7) is 3.86. The third-order valence-corrected chi connectivity index (χ3v) is 6.15. The van der Waals surface area contributed by atoms with Gasteiger partial charge in [-0.25, -0.2) is 13.1 Å². The molecule has 0 saturated carbocycles. The Morgan fingerprint density at radius 1 is 1.32 bits per heavy atom. The van der Waals surface area contributed by atoms with Crippen molar-refractivity contribution in [2.24, 2.45) is 0 Å². The number of hydrogen-bond donors (Lipinski definition) is 1. The van der Waals surface area contributed by atoms with Crippen LogP contribution < -0.4 is 5.32 Å². The average molecular weight is 361 g/mol. The molecule has 134 valence electrons. The second kappa shape index (κ2) is 7.00. The van der Waals surface area contributed by atoms with Crippen LogP contribution in [-0.4, -0.2) is 35.6 Å². The lowest BCUT2D eigenvalue weighted by Gasteiger charge is -2.13. The highest BCUT2D eigenvalue weighted by atomic mass is 32.2. The molecule has 0 bridgehead atoms. The molecule has 6 nitrogen and oxygen atoms in total. The van der Waals surface area contributed by atoms with E-state index in [1.165, 1.54) is 5.56 Å². The van der Waals surface area contributed by atoms with Gasteiger partial charge in [-0.15, -0.1) is 0 Å². The molecule has 1 unspecified atom stereocenters. The average Bonchev–Trinajstić information content (AvgIpc) is 3.07. The molecular weight excluding hydrogens is 338 g/mol. The smallest absolute Gasteiger partial charge is 0.225 e. The lowest BCUT2D eigenvalue weighted by atomic mass is 10.1. The maximum Gasteiger partial charge on any atom is 0.225 e. The summed E-state index contributed by atoms with van der Waals surface area (Å²) in [7, 11) is -3.00. The number of rotatable bonds is 5. The largest absolute Gasteiger partial charge is 0.311 e. The van der Waals surface area contributed by atoms with E-state index in [1.807, 2.05) is 32.0 Å². The van der Waals surface area contributed by atoms with E-state index in [0.717, 1.165) is 11.3 Å². The number of aromatic nitrogens is 2. The maximum absolute atomic E-state index is 12.3. The molecule has 0 aliphatic carbocycles. The van der Waals surface area contributed by atoms with Crippen molar-refractivity contribution in [2.45, 2.75) is 39.2 Å². The molecule has 1 aromatic carbocycles. The highest BCUT2D eigenvalue weighted by Gasteiger charge is 2.31. The highest BCUT2D eigenvalue weighted by molar-refractivity contribution is 7.91. The van der Waals surface area contributed by atoms with E-state index < -0.39 is 9.84 Å². The molecule has 0 radical (unpaired) electrons. The van der Waals surface area contributed by atoms with Crippen LogP contribution in [0.15, 0.2) is 30.3 Å². The van der Waals surface area contributed by atoms with Gasteiger partial charge in [0, 0.05) is 12.5 Å². The van der Waals surface area contributed by atoms with Gasteiger partial charge in [0.1, 0.15) is 5.82 Å². The molecule has 3 rings (SSSR count). The molecule has 1 amide bonds. The van der Waals surface area contributed by atoms with Crippen LogP contribution in [0.2, 0.25) is 0 Å². The number of benzene rings is 1. The standard InChI is InChI=1S/C18H23N3O3S/c1-13-4-3-5-15(10-13)6-7-18(22)19-17-11-14(2)20-21(17)16-8-9-25(23,24)12-16/h3-5,10-11,16H,6-9,12H2,1-2H3,(H,19,22). The molecule has 1 aliphatic rings. The predicted molar refractivity (Wildman–Crippen MR) is 97.4 cm³/mol. The first-order valence-corrected chi connectivity index (χ1v) is 10.3. The van der Waals surface area contributed by atoms with Crippen LogP contribution >= 0.6 is 0 Å². The molecule has 1 aliphatic heterocycles. The SMILES string of the molecule is Cc1cccc(CCC(=O)Nc2cc(C)nn2C2CCS(=O)(=O)C2)c1. The molecule has 25 heavy (non-hydrogen) atoms. The Balaban J connectivity index is 1.65. The predicted octanol–water partition coefficient (Wildman–Crippen LogP) is 2.43. The van der Waals surface area contributed by atoms with Gasteiger partial charge < -0.3 is 5.32 Å². The van der Waals surface area contributed by atoms with Crippen molar-refractivity contribution in [1.29, 1.82) is 0 Å². The van der Waals surface area contributed by atoms with Gasteiger partial charge in [0.05, 0.1) is 23.2 Å². The molecule has 2 heterocycles. The van der Waals surface area contributed by atoms with Crippen molar-refractivity contribution in [3.8, 4) is 0 Å². The van der Waals surface area contributed by atoms with Crippen molar-refractivity contribution < 1.29 is 13.2 Å². The summed E-state index contributed by atoms with van der Waals surface area (Å²) >= 11 is 0. The van der Waals surface area contributed by atoms with Gasteiger partial charge in [0.15, 0.2) is 9.84 Å². The van der Waals surface area contributed by atoms with Crippen LogP contribution in [0.5, 0.6) is 0 Å². The zero-order valence-corrected chi connectivity index (χ0v) is 15.3. The highest BCUT2D eigenvalue weighted by Crippen LogP contribution is 2.27. The van der Waals surface area contributed by atoms with Crippen LogP contribution in [0.4, 0.5) is 5.82 Å². The van der Waals surface area contributed by atoms with Gasteiger partial charge in [-0.3, -0.25) is 4.79 Å². The second-order valence-electron chi connectivity index (χ2n) is 6.71. The minimum atomic E-state index is -3.00. The van der Waals surface area contributed by atoms with Crippen molar-refractivity contribution >= 4 is 21.6 Å². The number of carbonyl (C=O) groups excluding carboxylic acids is 1. The summed E-state index contributed by atoms with van der Waals surface area (Å²) in [5.74, 6) is 0.745. The van der Waals surface area contributed by atoms with Crippen LogP contribution in [0.3, 0.4) is 0 Å². The Hall–Kier alpha value is -2.15. The van der Waals surface area contributed by atoms with Gasteiger partial charge in [-0.2, -0.15) is 5.10 Å². The number of aryl methyl sites for hydroxylation is 3. The summed E-state index contributed by atoms with van der Waals surface area (Å²) in [6.07, 6.45) is 1.57. The Morgan fingerprint density at radius 2 is 2.12 bits per heavy atom. The van der Waals surface area contributed by atoms with Gasteiger partial charge in [-0.05, 0) is 32.3 Å². The Morgan fingerprint density at radius 3 is 2.80 bits per heavy atom.